The van der Waals surface area contributed by atoms with Gasteiger partial charge in [-0.1, -0.05) is 25.1 Å². The summed E-state index contributed by atoms with van der Waals surface area (Å²) in [6.45, 7) is 3.80. The third-order valence-electron chi connectivity index (χ3n) is 4.50. The maximum Gasteiger partial charge on any atom is 0.191 e. The Bertz CT molecular complexity index is 685. The maximum absolute atomic E-state index is 5.53. The van der Waals surface area contributed by atoms with Gasteiger partial charge in [-0.2, -0.15) is 11.3 Å². The van der Waals surface area contributed by atoms with Gasteiger partial charge in [0.2, 0.25) is 0 Å². The van der Waals surface area contributed by atoms with Crippen LogP contribution >= 0.6 is 11.3 Å². The van der Waals surface area contributed by atoms with Gasteiger partial charge in [0.15, 0.2) is 5.96 Å². The highest BCUT2D eigenvalue weighted by Gasteiger charge is 2.18. The summed E-state index contributed by atoms with van der Waals surface area (Å²) in [6, 6.07) is 10.5. The van der Waals surface area contributed by atoms with E-state index in [-0.39, 0.29) is 6.04 Å². The van der Waals surface area contributed by atoms with Crippen molar-refractivity contribution in [3.63, 3.8) is 0 Å². The number of thiophene rings is 1. The number of hydrogen-bond acceptors (Lipinski definition) is 4. The van der Waals surface area contributed by atoms with Gasteiger partial charge in [0.1, 0.15) is 5.75 Å². The Morgan fingerprint density at radius 3 is 2.54 bits per heavy atom. The predicted molar refractivity (Wildman–Crippen MR) is 112 cm³/mol. The molecule has 142 valence electrons. The average molecular weight is 375 g/mol. The van der Waals surface area contributed by atoms with Gasteiger partial charge in [0.25, 0.3) is 0 Å². The second-order valence-electron chi connectivity index (χ2n) is 6.51. The average Bonchev–Trinajstić information content (AvgIpc) is 3.19. The molecule has 0 amide bonds. The van der Waals surface area contributed by atoms with E-state index < -0.39 is 0 Å². The predicted octanol–water partition coefficient (Wildman–Crippen LogP) is 3.33. The van der Waals surface area contributed by atoms with Crippen LogP contribution in [-0.4, -0.2) is 52.2 Å². The summed E-state index contributed by atoms with van der Waals surface area (Å²) < 4.78 is 5.53. The first-order valence-corrected chi connectivity index (χ1v) is 9.77. The number of ether oxygens (including phenoxy) is 1. The van der Waals surface area contributed by atoms with Crippen LogP contribution in [0.5, 0.6) is 5.75 Å². The van der Waals surface area contributed by atoms with Gasteiger partial charge in [-0.3, -0.25) is 4.99 Å². The summed E-state index contributed by atoms with van der Waals surface area (Å²) in [5.41, 5.74) is 2.52. The highest BCUT2D eigenvalue weighted by molar-refractivity contribution is 7.07. The molecule has 2 unspecified atom stereocenters. The van der Waals surface area contributed by atoms with Crippen molar-refractivity contribution in [3.8, 4) is 5.75 Å². The minimum atomic E-state index is 0.180. The number of rotatable bonds is 8. The van der Waals surface area contributed by atoms with E-state index >= 15 is 0 Å². The molecule has 0 saturated carbocycles. The molecule has 0 aliphatic rings. The largest absolute Gasteiger partial charge is 0.496 e. The number of guanidine groups is 1. The molecule has 0 fully saturated rings. The van der Waals surface area contributed by atoms with Crippen LogP contribution in [0.15, 0.2) is 46.1 Å². The molecule has 1 aromatic heterocycles. The van der Waals surface area contributed by atoms with E-state index in [1.165, 1.54) is 5.56 Å². The van der Waals surface area contributed by atoms with E-state index in [2.05, 4.69) is 64.4 Å². The molecule has 0 radical (unpaired) electrons. The van der Waals surface area contributed by atoms with Crippen LogP contribution in [0, 0.1) is 0 Å². The summed E-state index contributed by atoms with van der Waals surface area (Å²) in [5.74, 6) is 2.16. The van der Waals surface area contributed by atoms with Crippen LogP contribution in [0.25, 0.3) is 0 Å². The van der Waals surface area contributed by atoms with Crippen molar-refractivity contribution in [2.75, 3.05) is 41.3 Å². The molecule has 0 saturated heterocycles. The number of likely N-dealkylation sites (N-methyl/N-ethyl adjacent to an activating group) is 1. The Morgan fingerprint density at radius 2 is 1.92 bits per heavy atom. The number of nitrogens with one attached hydrogen (secondary N) is 2. The molecule has 2 atom stereocenters. The normalized spacial score (nSPS) is 14.2. The van der Waals surface area contributed by atoms with E-state index in [0.717, 1.165) is 30.4 Å². The summed E-state index contributed by atoms with van der Waals surface area (Å²) >= 11 is 1.74. The Kier molecular flexibility index (Phi) is 7.94. The van der Waals surface area contributed by atoms with Crippen molar-refractivity contribution in [1.29, 1.82) is 0 Å². The zero-order chi connectivity index (χ0) is 18.9. The smallest absolute Gasteiger partial charge is 0.191 e. The monoisotopic (exact) mass is 374 g/mol. The first-order chi connectivity index (χ1) is 12.6. The summed E-state index contributed by atoms with van der Waals surface area (Å²) in [6.07, 6.45) is 0. The minimum absolute atomic E-state index is 0.180. The van der Waals surface area contributed by atoms with Gasteiger partial charge in [-0.05, 0) is 48.5 Å². The lowest BCUT2D eigenvalue weighted by Crippen LogP contribution is -2.42. The zero-order valence-electron chi connectivity index (χ0n) is 16.3. The molecule has 5 nitrogen and oxygen atoms in total. The van der Waals surface area contributed by atoms with E-state index in [4.69, 9.17) is 4.74 Å². The Hall–Kier alpha value is -2.05. The van der Waals surface area contributed by atoms with Crippen LogP contribution in [0.2, 0.25) is 0 Å². The number of para-hydroxylation sites is 1. The number of hydrogen-bond donors (Lipinski definition) is 2. The van der Waals surface area contributed by atoms with Crippen LogP contribution < -0.4 is 15.4 Å². The lowest BCUT2D eigenvalue weighted by Gasteiger charge is -2.27. The van der Waals surface area contributed by atoms with Crippen molar-refractivity contribution in [2.24, 2.45) is 4.99 Å². The maximum atomic E-state index is 5.53. The molecule has 1 heterocycles. The zero-order valence-corrected chi connectivity index (χ0v) is 17.1. The van der Waals surface area contributed by atoms with Crippen molar-refractivity contribution in [3.05, 3.63) is 52.2 Å². The number of methoxy groups -OCH3 is 1. The second-order valence-corrected chi connectivity index (χ2v) is 7.29. The Labute approximate surface area is 161 Å². The van der Waals surface area contributed by atoms with Gasteiger partial charge in [-0.15, -0.1) is 0 Å². The van der Waals surface area contributed by atoms with E-state index in [0.29, 0.717) is 5.92 Å². The molecular weight excluding hydrogens is 344 g/mol. The summed E-state index contributed by atoms with van der Waals surface area (Å²) in [5, 5.41) is 11.2. The lowest BCUT2D eigenvalue weighted by atomic mass is 10.0. The molecule has 0 aliphatic heterocycles. The van der Waals surface area contributed by atoms with Gasteiger partial charge in [0.05, 0.1) is 13.2 Å². The fraction of sp³-hybridized carbons (Fsp3) is 0.450. The number of aliphatic imine (C=N–C) groups is 1. The van der Waals surface area contributed by atoms with Gasteiger partial charge < -0.3 is 20.3 Å². The molecule has 2 N–H and O–H groups in total. The molecular formula is C20H30N4OS. The molecule has 0 spiro atoms. The fourth-order valence-electron chi connectivity index (χ4n) is 2.85. The summed E-state index contributed by atoms with van der Waals surface area (Å²) in [7, 11) is 7.67. The quantitative estimate of drug-likeness (QED) is 0.550. The van der Waals surface area contributed by atoms with Crippen molar-refractivity contribution in [1.82, 2.24) is 15.5 Å². The molecule has 0 aliphatic carbocycles. The van der Waals surface area contributed by atoms with Crippen molar-refractivity contribution >= 4 is 17.3 Å². The second kappa shape index (κ2) is 10.2. The number of nitrogens with zero attached hydrogens (tertiary/aromatic N) is 2. The first-order valence-electron chi connectivity index (χ1n) is 8.82. The van der Waals surface area contributed by atoms with Gasteiger partial charge in [-0.25, -0.2) is 0 Å². The highest BCUT2D eigenvalue weighted by atomic mass is 32.1. The van der Waals surface area contributed by atoms with Crippen molar-refractivity contribution < 1.29 is 4.74 Å². The molecule has 2 aromatic rings. The molecule has 0 bridgehead atoms. The number of benzene rings is 1. The van der Waals surface area contributed by atoms with Crippen LogP contribution in [0.4, 0.5) is 0 Å². The van der Waals surface area contributed by atoms with E-state index in [1.807, 2.05) is 18.2 Å². The lowest BCUT2D eigenvalue weighted by molar-refractivity contribution is 0.287. The minimum Gasteiger partial charge on any atom is -0.496 e. The van der Waals surface area contributed by atoms with Crippen LogP contribution in [-0.2, 0) is 0 Å². The molecule has 6 heteroatoms. The van der Waals surface area contributed by atoms with Crippen LogP contribution in [0.3, 0.4) is 0 Å². The topological polar surface area (TPSA) is 48.9 Å². The first kappa shape index (κ1) is 20.3. The van der Waals surface area contributed by atoms with Crippen LogP contribution in [0.1, 0.15) is 30.0 Å². The molecule has 26 heavy (non-hydrogen) atoms. The van der Waals surface area contributed by atoms with E-state index in [9.17, 15) is 0 Å². The summed E-state index contributed by atoms with van der Waals surface area (Å²) in [4.78, 5) is 6.54. The Morgan fingerprint density at radius 1 is 1.19 bits per heavy atom. The van der Waals surface area contributed by atoms with E-state index in [1.54, 1.807) is 25.5 Å². The fourth-order valence-corrected chi connectivity index (χ4v) is 3.63. The van der Waals surface area contributed by atoms with Gasteiger partial charge >= 0.3 is 0 Å². The Balaban J connectivity index is 1.96. The molecule has 2 rings (SSSR count). The third-order valence-corrected chi connectivity index (χ3v) is 5.20. The standard InChI is InChI=1S/C20H30N4OS/c1-15(16-10-11-26-14-16)12-22-20(21-2)23-13-18(24(3)4)17-8-6-7-9-19(17)25-5/h6-11,14-15,18H,12-13H2,1-5H3,(H2,21,22,23). The third kappa shape index (κ3) is 5.47. The SMILES string of the molecule is CN=C(NCC(C)c1ccsc1)NCC(c1ccccc1OC)N(C)C. The van der Waals surface area contributed by atoms with Crippen molar-refractivity contribution in [2.45, 2.75) is 18.9 Å². The highest BCUT2D eigenvalue weighted by Crippen LogP contribution is 2.27. The molecule has 1 aromatic carbocycles. The van der Waals surface area contributed by atoms with Gasteiger partial charge in [0, 0.05) is 25.7 Å².